The molecule has 1 heterocycles. The Morgan fingerprint density at radius 2 is 1.91 bits per heavy atom. The molecule has 1 unspecified atom stereocenters. The van der Waals surface area contributed by atoms with E-state index >= 15 is 0 Å². The van der Waals surface area contributed by atoms with E-state index in [-0.39, 0.29) is 17.7 Å². The third-order valence-corrected chi connectivity index (χ3v) is 3.86. The summed E-state index contributed by atoms with van der Waals surface area (Å²) in [4.78, 5) is 23.3. The first kappa shape index (κ1) is 17.1. The average molecular weight is 315 g/mol. The summed E-state index contributed by atoms with van der Waals surface area (Å²) < 4.78 is 2.19. The van der Waals surface area contributed by atoms with E-state index in [1.54, 1.807) is 0 Å². The zero-order valence-corrected chi connectivity index (χ0v) is 14.0. The van der Waals surface area contributed by atoms with Gasteiger partial charge in [-0.3, -0.25) is 9.59 Å². The van der Waals surface area contributed by atoms with Gasteiger partial charge in [0.05, 0.1) is 0 Å². The molecule has 0 saturated heterocycles. The minimum Gasteiger partial charge on any atom is -0.354 e. The molecule has 0 aliphatic heterocycles. The summed E-state index contributed by atoms with van der Waals surface area (Å²) in [5.74, 6) is -0.238. The number of benzene rings is 1. The first-order valence-corrected chi connectivity index (χ1v) is 8.07. The highest BCUT2D eigenvalue weighted by molar-refractivity contribution is 5.87. The van der Waals surface area contributed by atoms with Crippen LogP contribution in [0.3, 0.4) is 0 Å². The van der Waals surface area contributed by atoms with E-state index in [9.17, 15) is 9.59 Å². The number of rotatable bonds is 7. The smallest absolute Gasteiger partial charge is 0.242 e. The number of aromatic nitrogens is 1. The van der Waals surface area contributed by atoms with Crippen LogP contribution in [0.25, 0.3) is 10.9 Å². The molecule has 1 aromatic heterocycles. The van der Waals surface area contributed by atoms with Gasteiger partial charge in [0.25, 0.3) is 0 Å². The predicted molar refractivity (Wildman–Crippen MR) is 92.0 cm³/mol. The number of para-hydroxylation sites is 1. The van der Waals surface area contributed by atoms with Crippen LogP contribution in [0.5, 0.6) is 0 Å². The fourth-order valence-corrected chi connectivity index (χ4v) is 2.66. The molecule has 0 fully saturated rings. The van der Waals surface area contributed by atoms with Crippen molar-refractivity contribution in [1.29, 1.82) is 0 Å². The fourth-order valence-electron chi connectivity index (χ4n) is 2.66. The standard InChI is InChI=1S/C18H25N3O2/c1-13(2)17(20-14(3)22)18(23)19-10-6-11-21-12-9-15-7-4-5-8-16(15)21/h4-5,7-9,12-13,17H,6,10-11H2,1-3H3,(H,19,23)(H,20,22). The molecule has 2 rings (SSSR count). The zero-order valence-electron chi connectivity index (χ0n) is 14.0. The summed E-state index contributed by atoms with van der Waals surface area (Å²) in [7, 11) is 0. The summed E-state index contributed by atoms with van der Waals surface area (Å²) in [6.45, 7) is 6.71. The van der Waals surface area contributed by atoms with Crippen molar-refractivity contribution in [1.82, 2.24) is 15.2 Å². The van der Waals surface area contributed by atoms with Gasteiger partial charge >= 0.3 is 0 Å². The van der Waals surface area contributed by atoms with Crippen LogP contribution in [0, 0.1) is 5.92 Å². The van der Waals surface area contributed by atoms with Gasteiger partial charge in [-0.15, -0.1) is 0 Å². The number of fused-ring (bicyclic) bond motifs is 1. The van der Waals surface area contributed by atoms with E-state index < -0.39 is 6.04 Å². The predicted octanol–water partition coefficient (Wildman–Crippen LogP) is 2.31. The van der Waals surface area contributed by atoms with Gasteiger partial charge in [-0.1, -0.05) is 32.0 Å². The van der Waals surface area contributed by atoms with Gasteiger partial charge in [-0.2, -0.15) is 0 Å². The third-order valence-electron chi connectivity index (χ3n) is 3.86. The van der Waals surface area contributed by atoms with Gasteiger partial charge in [0, 0.05) is 31.7 Å². The summed E-state index contributed by atoms with van der Waals surface area (Å²) in [5, 5.41) is 6.84. The maximum atomic E-state index is 12.2. The molecule has 5 nitrogen and oxygen atoms in total. The molecule has 0 saturated carbocycles. The van der Waals surface area contributed by atoms with Gasteiger partial charge in [-0.05, 0) is 29.9 Å². The maximum absolute atomic E-state index is 12.2. The van der Waals surface area contributed by atoms with Crippen LogP contribution in [-0.2, 0) is 16.1 Å². The largest absolute Gasteiger partial charge is 0.354 e. The lowest BCUT2D eigenvalue weighted by atomic mass is 10.0. The van der Waals surface area contributed by atoms with Crippen molar-refractivity contribution in [2.75, 3.05) is 6.54 Å². The maximum Gasteiger partial charge on any atom is 0.242 e. The Bertz CT molecular complexity index is 676. The Balaban J connectivity index is 1.82. The van der Waals surface area contributed by atoms with E-state index in [0.717, 1.165) is 13.0 Å². The first-order chi connectivity index (χ1) is 11.0. The Morgan fingerprint density at radius 1 is 1.17 bits per heavy atom. The Kier molecular flexibility index (Phi) is 5.79. The molecular formula is C18H25N3O2. The molecule has 0 aliphatic rings. The highest BCUT2D eigenvalue weighted by atomic mass is 16.2. The SMILES string of the molecule is CC(=O)NC(C(=O)NCCCn1ccc2ccccc21)C(C)C. The molecule has 0 aliphatic carbocycles. The zero-order chi connectivity index (χ0) is 16.8. The first-order valence-electron chi connectivity index (χ1n) is 8.07. The number of hydrogen-bond donors (Lipinski definition) is 2. The number of nitrogens with one attached hydrogen (secondary N) is 2. The minimum atomic E-state index is -0.472. The van der Waals surface area contributed by atoms with Gasteiger partial charge in [-0.25, -0.2) is 0 Å². The van der Waals surface area contributed by atoms with Crippen molar-refractivity contribution in [3.05, 3.63) is 36.5 Å². The molecule has 0 bridgehead atoms. The number of amides is 2. The molecule has 2 aromatic rings. The molecule has 0 spiro atoms. The Labute approximate surface area is 137 Å². The minimum absolute atomic E-state index is 0.0623. The molecule has 1 aromatic carbocycles. The van der Waals surface area contributed by atoms with E-state index in [1.165, 1.54) is 17.8 Å². The fraction of sp³-hybridized carbons (Fsp3) is 0.444. The third kappa shape index (κ3) is 4.58. The van der Waals surface area contributed by atoms with Crippen molar-refractivity contribution in [3.8, 4) is 0 Å². The lowest BCUT2D eigenvalue weighted by Crippen LogP contribution is -2.49. The lowest BCUT2D eigenvalue weighted by molar-refractivity contribution is -0.129. The number of aryl methyl sites for hydroxylation is 1. The molecule has 23 heavy (non-hydrogen) atoms. The topological polar surface area (TPSA) is 63.1 Å². The lowest BCUT2D eigenvalue weighted by Gasteiger charge is -2.20. The average Bonchev–Trinajstić information content (AvgIpc) is 2.92. The quantitative estimate of drug-likeness (QED) is 0.770. The van der Waals surface area contributed by atoms with E-state index in [2.05, 4.69) is 39.6 Å². The Hall–Kier alpha value is -2.30. The highest BCUT2D eigenvalue weighted by Gasteiger charge is 2.22. The van der Waals surface area contributed by atoms with E-state index in [0.29, 0.717) is 6.54 Å². The van der Waals surface area contributed by atoms with Crippen LogP contribution >= 0.6 is 0 Å². The van der Waals surface area contributed by atoms with Gasteiger partial charge in [0.2, 0.25) is 11.8 Å². The Morgan fingerprint density at radius 3 is 2.61 bits per heavy atom. The summed E-state index contributed by atoms with van der Waals surface area (Å²) in [6.07, 6.45) is 2.91. The molecule has 0 radical (unpaired) electrons. The molecule has 1 atom stereocenters. The second-order valence-corrected chi connectivity index (χ2v) is 6.13. The number of carbonyl (C=O) groups excluding carboxylic acids is 2. The molecule has 5 heteroatoms. The number of carbonyl (C=O) groups is 2. The summed E-state index contributed by atoms with van der Waals surface area (Å²) in [6, 6.07) is 9.87. The second kappa shape index (κ2) is 7.81. The number of hydrogen-bond acceptors (Lipinski definition) is 2. The van der Waals surface area contributed by atoms with Gasteiger partial charge in [0.1, 0.15) is 6.04 Å². The van der Waals surface area contributed by atoms with Crippen LogP contribution in [0.1, 0.15) is 27.2 Å². The van der Waals surface area contributed by atoms with Crippen LogP contribution in [0.4, 0.5) is 0 Å². The normalized spacial score (nSPS) is 12.3. The van der Waals surface area contributed by atoms with Crippen LogP contribution in [0.15, 0.2) is 36.5 Å². The molecular weight excluding hydrogens is 290 g/mol. The second-order valence-electron chi connectivity index (χ2n) is 6.13. The monoisotopic (exact) mass is 315 g/mol. The summed E-state index contributed by atoms with van der Waals surface area (Å²) >= 11 is 0. The van der Waals surface area contributed by atoms with Crippen LogP contribution in [0.2, 0.25) is 0 Å². The van der Waals surface area contributed by atoms with Crippen molar-refractivity contribution < 1.29 is 9.59 Å². The molecule has 2 amide bonds. The van der Waals surface area contributed by atoms with Crippen molar-refractivity contribution in [3.63, 3.8) is 0 Å². The van der Waals surface area contributed by atoms with Crippen molar-refractivity contribution in [2.24, 2.45) is 5.92 Å². The van der Waals surface area contributed by atoms with E-state index in [4.69, 9.17) is 0 Å². The van der Waals surface area contributed by atoms with Crippen LogP contribution in [-0.4, -0.2) is 29.0 Å². The van der Waals surface area contributed by atoms with Crippen molar-refractivity contribution >= 4 is 22.7 Å². The van der Waals surface area contributed by atoms with E-state index in [1.807, 2.05) is 26.0 Å². The van der Waals surface area contributed by atoms with Gasteiger partial charge in [0.15, 0.2) is 0 Å². The number of nitrogens with zero attached hydrogens (tertiary/aromatic N) is 1. The van der Waals surface area contributed by atoms with Crippen molar-refractivity contribution in [2.45, 2.75) is 39.8 Å². The van der Waals surface area contributed by atoms with Crippen LogP contribution < -0.4 is 10.6 Å². The molecule has 2 N–H and O–H groups in total. The summed E-state index contributed by atoms with van der Waals surface area (Å²) in [5.41, 5.74) is 1.21. The molecule has 124 valence electrons. The highest BCUT2D eigenvalue weighted by Crippen LogP contribution is 2.15. The van der Waals surface area contributed by atoms with Gasteiger partial charge < -0.3 is 15.2 Å².